The van der Waals surface area contributed by atoms with Crippen molar-refractivity contribution in [2.24, 2.45) is 0 Å². The van der Waals surface area contributed by atoms with Gasteiger partial charge in [0, 0.05) is 19.6 Å². The maximum Gasteiger partial charge on any atom is 0.408 e. The topological polar surface area (TPSA) is 105 Å². The highest BCUT2D eigenvalue weighted by atomic mass is 32.2. The van der Waals surface area contributed by atoms with Gasteiger partial charge in [-0.25, -0.2) is 17.9 Å². The first-order chi connectivity index (χ1) is 11.0. The van der Waals surface area contributed by atoms with E-state index >= 15 is 0 Å². The molecule has 1 saturated heterocycles. The Morgan fingerprint density at radius 3 is 2.29 bits per heavy atom. The molecule has 0 saturated carbocycles. The van der Waals surface area contributed by atoms with Gasteiger partial charge in [0.25, 0.3) is 0 Å². The van der Waals surface area contributed by atoms with E-state index in [0.29, 0.717) is 25.9 Å². The summed E-state index contributed by atoms with van der Waals surface area (Å²) >= 11 is 0. The number of hydrogen-bond acceptors (Lipinski definition) is 5. The highest BCUT2D eigenvalue weighted by molar-refractivity contribution is 7.88. The number of nitrogens with zero attached hydrogens (tertiary/aromatic N) is 1. The summed E-state index contributed by atoms with van der Waals surface area (Å²) in [5.74, 6) is -0.141. The predicted octanol–water partition coefficient (Wildman–Crippen LogP) is 0.832. The standard InChI is InChI=1S/C15H29N3O5S/c1-15(2,3)23-14(20)17-12(8-7-9-16-24(4,21)22)13(19)18-10-5-6-11-18/h12,16H,5-11H2,1-4H3,(H,17,20)/t12-/m0/s1. The molecule has 1 aliphatic heterocycles. The fourth-order valence-electron chi connectivity index (χ4n) is 2.43. The molecule has 140 valence electrons. The highest BCUT2D eigenvalue weighted by Crippen LogP contribution is 2.13. The molecule has 0 radical (unpaired) electrons. The van der Waals surface area contributed by atoms with Crippen LogP contribution in [0.15, 0.2) is 0 Å². The van der Waals surface area contributed by atoms with E-state index in [2.05, 4.69) is 10.0 Å². The number of amides is 2. The highest BCUT2D eigenvalue weighted by Gasteiger charge is 2.29. The molecular formula is C15H29N3O5S. The van der Waals surface area contributed by atoms with Crippen molar-refractivity contribution in [1.29, 1.82) is 0 Å². The first kappa shape index (κ1) is 20.7. The molecule has 0 aliphatic carbocycles. The van der Waals surface area contributed by atoms with E-state index in [0.717, 1.165) is 19.1 Å². The van der Waals surface area contributed by atoms with Gasteiger partial charge in [0.1, 0.15) is 11.6 Å². The first-order valence-electron chi connectivity index (χ1n) is 8.21. The van der Waals surface area contributed by atoms with Crippen LogP contribution in [-0.4, -0.2) is 62.9 Å². The molecular weight excluding hydrogens is 334 g/mol. The minimum absolute atomic E-state index is 0.141. The number of ether oxygens (including phenoxy) is 1. The molecule has 0 unspecified atom stereocenters. The zero-order chi connectivity index (χ0) is 18.4. The summed E-state index contributed by atoms with van der Waals surface area (Å²) in [6.07, 6.45) is 3.14. The molecule has 24 heavy (non-hydrogen) atoms. The number of alkyl carbamates (subject to hydrolysis) is 1. The van der Waals surface area contributed by atoms with Gasteiger partial charge in [-0.15, -0.1) is 0 Å². The van der Waals surface area contributed by atoms with E-state index in [1.165, 1.54) is 0 Å². The maximum atomic E-state index is 12.6. The zero-order valence-corrected chi connectivity index (χ0v) is 15.7. The van der Waals surface area contributed by atoms with Crippen LogP contribution in [0.2, 0.25) is 0 Å². The average Bonchev–Trinajstić information content (AvgIpc) is 2.92. The molecule has 2 N–H and O–H groups in total. The maximum absolute atomic E-state index is 12.6. The first-order valence-corrected chi connectivity index (χ1v) is 10.1. The van der Waals surface area contributed by atoms with E-state index in [1.54, 1.807) is 25.7 Å². The number of sulfonamides is 1. The Hall–Kier alpha value is -1.35. The average molecular weight is 363 g/mol. The third-order valence-corrected chi connectivity index (χ3v) is 4.17. The molecule has 1 atom stereocenters. The van der Waals surface area contributed by atoms with Crippen molar-refractivity contribution in [2.75, 3.05) is 25.9 Å². The third kappa shape index (κ3) is 8.49. The number of carbonyl (C=O) groups is 2. The second-order valence-electron chi connectivity index (χ2n) is 7.04. The summed E-state index contributed by atoms with van der Waals surface area (Å²) in [5.41, 5.74) is -0.650. The zero-order valence-electron chi connectivity index (χ0n) is 14.9. The minimum atomic E-state index is -3.26. The van der Waals surface area contributed by atoms with Gasteiger partial charge in [-0.05, 0) is 46.5 Å². The van der Waals surface area contributed by atoms with Crippen LogP contribution in [0.5, 0.6) is 0 Å². The molecule has 9 heteroatoms. The Labute approximate surface area is 144 Å². The normalized spacial score (nSPS) is 16.8. The van der Waals surface area contributed by atoms with Gasteiger partial charge in [-0.1, -0.05) is 0 Å². The van der Waals surface area contributed by atoms with Crippen LogP contribution in [0.25, 0.3) is 0 Å². The van der Waals surface area contributed by atoms with Gasteiger partial charge >= 0.3 is 6.09 Å². The van der Waals surface area contributed by atoms with Gasteiger partial charge in [-0.3, -0.25) is 4.79 Å². The number of likely N-dealkylation sites (tertiary alicyclic amines) is 1. The lowest BCUT2D eigenvalue weighted by Gasteiger charge is -2.26. The lowest BCUT2D eigenvalue weighted by molar-refractivity contribution is -0.132. The van der Waals surface area contributed by atoms with E-state index < -0.39 is 27.8 Å². The van der Waals surface area contributed by atoms with Gasteiger partial charge in [0.05, 0.1) is 6.26 Å². The summed E-state index contributed by atoms with van der Waals surface area (Å²) in [6.45, 7) is 6.85. The largest absolute Gasteiger partial charge is 0.444 e. The number of rotatable bonds is 7. The van der Waals surface area contributed by atoms with Crippen LogP contribution in [-0.2, 0) is 19.6 Å². The van der Waals surface area contributed by atoms with E-state index in [1.807, 2.05) is 0 Å². The Morgan fingerprint density at radius 2 is 1.79 bits per heavy atom. The number of hydrogen-bond donors (Lipinski definition) is 2. The molecule has 0 aromatic rings. The summed E-state index contributed by atoms with van der Waals surface area (Å²) in [6, 6.07) is -0.709. The van der Waals surface area contributed by atoms with E-state index in [4.69, 9.17) is 4.74 Å². The second-order valence-corrected chi connectivity index (χ2v) is 8.87. The van der Waals surface area contributed by atoms with Crippen molar-refractivity contribution < 1.29 is 22.7 Å². The number of carbonyl (C=O) groups excluding carboxylic acids is 2. The third-order valence-electron chi connectivity index (χ3n) is 3.44. The van der Waals surface area contributed by atoms with Gasteiger partial charge < -0.3 is 15.0 Å². The van der Waals surface area contributed by atoms with E-state index in [-0.39, 0.29) is 12.5 Å². The SMILES string of the molecule is CC(C)(C)OC(=O)N[C@@H](CCCNS(C)(=O)=O)C(=O)N1CCCC1. The molecule has 1 fully saturated rings. The predicted molar refractivity (Wildman–Crippen MR) is 91.1 cm³/mol. The fraction of sp³-hybridized carbons (Fsp3) is 0.867. The van der Waals surface area contributed by atoms with E-state index in [9.17, 15) is 18.0 Å². The lowest BCUT2D eigenvalue weighted by atomic mass is 10.1. The van der Waals surface area contributed by atoms with Crippen LogP contribution >= 0.6 is 0 Å². The smallest absolute Gasteiger partial charge is 0.408 e. The van der Waals surface area contributed by atoms with Gasteiger partial charge in [0.2, 0.25) is 15.9 Å². The van der Waals surface area contributed by atoms with Crippen molar-refractivity contribution >= 4 is 22.0 Å². The second kappa shape index (κ2) is 8.66. The molecule has 1 rings (SSSR count). The van der Waals surface area contributed by atoms with Crippen LogP contribution < -0.4 is 10.0 Å². The number of nitrogens with one attached hydrogen (secondary N) is 2. The molecule has 1 heterocycles. The Bertz CT molecular complexity index is 536. The summed E-state index contributed by atoms with van der Waals surface area (Å²) < 4.78 is 29.7. The van der Waals surface area contributed by atoms with Crippen LogP contribution in [0.3, 0.4) is 0 Å². The Balaban J connectivity index is 2.61. The monoisotopic (exact) mass is 363 g/mol. The molecule has 0 bridgehead atoms. The Morgan fingerprint density at radius 1 is 1.21 bits per heavy atom. The summed E-state index contributed by atoms with van der Waals surface area (Å²) in [5, 5.41) is 2.62. The van der Waals surface area contributed by atoms with Gasteiger partial charge in [-0.2, -0.15) is 0 Å². The van der Waals surface area contributed by atoms with Crippen LogP contribution in [0.4, 0.5) is 4.79 Å². The van der Waals surface area contributed by atoms with Crippen molar-refractivity contribution in [1.82, 2.24) is 14.9 Å². The molecule has 1 aliphatic rings. The Kier molecular flexibility index (Phi) is 7.47. The quantitative estimate of drug-likeness (QED) is 0.652. The summed E-state index contributed by atoms with van der Waals surface area (Å²) in [4.78, 5) is 26.2. The van der Waals surface area contributed by atoms with Crippen molar-refractivity contribution in [2.45, 2.75) is 58.1 Å². The lowest BCUT2D eigenvalue weighted by Crippen LogP contribution is -2.49. The van der Waals surface area contributed by atoms with Crippen molar-refractivity contribution in [3.8, 4) is 0 Å². The summed E-state index contributed by atoms with van der Waals surface area (Å²) in [7, 11) is -3.26. The van der Waals surface area contributed by atoms with Crippen LogP contribution in [0, 0.1) is 0 Å². The fourth-order valence-corrected chi connectivity index (χ4v) is 2.94. The molecule has 0 aromatic carbocycles. The van der Waals surface area contributed by atoms with Crippen molar-refractivity contribution in [3.05, 3.63) is 0 Å². The minimum Gasteiger partial charge on any atom is -0.444 e. The van der Waals surface area contributed by atoms with Gasteiger partial charge in [0.15, 0.2) is 0 Å². The van der Waals surface area contributed by atoms with Crippen molar-refractivity contribution in [3.63, 3.8) is 0 Å². The molecule has 2 amide bonds. The molecule has 0 spiro atoms. The molecule has 8 nitrogen and oxygen atoms in total. The van der Waals surface area contributed by atoms with Crippen LogP contribution in [0.1, 0.15) is 46.5 Å². The molecule has 0 aromatic heterocycles.